The highest BCUT2D eigenvalue weighted by Gasteiger charge is 2.44. The highest BCUT2D eigenvalue weighted by atomic mass is 32.1. The second-order valence-electron chi connectivity index (χ2n) is 5.21. The van der Waals surface area contributed by atoms with Crippen molar-refractivity contribution in [2.24, 2.45) is 5.41 Å². The second kappa shape index (κ2) is 4.51. The summed E-state index contributed by atoms with van der Waals surface area (Å²) in [5.74, 6) is 0.403. The Morgan fingerprint density at radius 1 is 1.30 bits per heavy atom. The number of fused-ring (bicyclic) bond motifs is 1. The van der Waals surface area contributed by atoms with E-state index >= 15 is 0 Å². The minimum atomic E-state index is -3.64. The number of carbonyl (C=O) groups is 1. The molecular formula is C13H13F2NO3S. The van der Waals surface area contributed by atoms with Crippen LogP contribution in [0.2, 0.25) is 0 Å². The van der Waals surface area contributed by atoms with Crippen LogP contribution in [0.15, 0.2) is 18.2 Å². The largest absolute Gasteiger partial charge is 0.586 e. The summed E-state index contributed by atoms with van der Waals surface area (Å²) in [6.07, 6.45) is -1.26. The Morgan fingerprint density at radius 3 is 2.65 bits per heavy atom. The van der Waals surface area contributed by atoms with Crippen molar-refractivity contribution in [3.63, 3.8) is 0 Å². The van der Waals surface area contributed by atoms with Crippen LogP contribution in [-0.2, 0) is 4.79 Å². The third-order valence-corrected chi connectivity index (χ3v) is 4.18. The molecular weight excluding hydrogens is 288 g/mol. The summed E-state index contributed by atoms with van der Waals surface area (Å²) in [6.45, 7) is 0. The van der Waals surface area contributed by atoms with Gasteiger partial charge in [-0.25, -0.2) is 0 Å². The number of rotatable bonds is 4. The molecule has 1 heterocycles. The van der Waals surface area contributed by atoms with Gasteiger partial charge < -0.3 is 14.8 Å². The SMILES string of the molecule is O=C(CC1(CS)CC1)Nc1ccc2c(c1)OC(F)(F)O2. The number of amides is 1. The van der Waals surface area contributed by atoms with Crippen LogP contribution in [0.1, 0.15) is 19.3 Å². The fourth-order valence-corrected chi connectivity index (χ4v) is 2.57. The van der Waals surface area contributed by atoms with Crippen LogP contribution in [0.25, 0.3) is 0 Å². The lowest BCUT2D eigenvalue weighted by Gasteiger charge is -2.11. The number of anilines is 1. The van der Waals surface area contributed by atoms with Gasteiger partial charge in [-0.1, -0.05) is 0 Å². The molecule has 20 heavy (non-hydrogen) atoms. The average Bonchev–Trinajstić information content (AvgIpc) is 3.05. The first kappa shape index (κ1) is 13.5. The van der Waals surface area contributed by atoms with Crippen molar-refractivity contribution in [1.82, 2.24) is 0 Å². The van der Waals surface area contributed by atoms with Crippen molar-refractivity contribution in [1.29, 1.82) is 0 Å². The van der Waals surface area contributed by atoms with Gasteiger partial charge in [0.25, 0.3) is 0 Å². The van der Waals surface area contributed by atoms with Gasteiger partial charge in [-0.2, -0.15) is 12.6 Å². The van der Waals surface area contributed by atoms with Crippen molar-refractivity contribution in [3.05, 3.63) is 18.2 Å². The van der Waals surface area contributed by atoms with Gasteiger partial charge >= 0.3 is 6.29 Å². The number of hydrogen-bond donors (Lipinski definition) is 2. The minimum Gasteiger partial charge on any atom is -0.395 e. The number of thiol groups is 1. The molecule has 0 bridgehead atoms. The maximum atomic E-state index is 12.9. The smallest absolute Gasteiger partial charge is 0.395 e. The zero-order chi connectivity index (χ0) is 14.4. The second-order valence-corrected chi connectivity index (χ2v) is 5.53. The van der Waals surface area contributed by atoms with E-state index in [-0.39, 0.29) is 22.8 Å². The maximum absolute atomic E-state index is 12.9. The van der Waals surface area contributed by atoms with Crippen molar-refractivity contribution in [2.45, 2.75) is 25.6 Å². The summed E-state index contributed by atoms with van der Waals surface area (Å²) in [7, 11) is 0. The predicted octanol–water partition coefficient (Wildman–Crippen LogP) is 3.05. The van der Waals surface area contributed by atoms with E-state index in [1.54, 1.807) is 0 Å². The van der Waals surface area contributed by atoms with Gasteiger partial charge in [0.1, 0.15) is 0 Å². The van der Waals surface area contributed by atoms with Gasteiger partial charge in [0, 0.05) is 18.2 Å². The highest BCUT2D eigenvalue weighted by molar-refractivity contribution is 7.80. The molecule has 0 radical (unpaired) electrons. The Bertz CT molecular complexity index is 561. The number of halogens is 2. The zero-order valence-electron chi connectivity index (χ0n) is 10.5. The van der Waals surface area contributed by atoms with E-state index in [1.165, 1.54) is 18.2 Å². The van der Waals surface area contributed by atoms with Crippen molar-refractivity contribution >= 4 is 24.2 Å². The molecule has 1 aromatic carbocycles. The van der Waals surface area contributed by atoms with E-state index < -0.39 is 6.29 Å². The molecule has 1 amide bonds. The van der Waals surface area contributed by atoms with Crippen LogP contribution in [0.4, 0.5) is 14.5 Å². The molecule has 0 aromatic heterocycles. The summed E-state index contributed by atoms with van der Waals surface area (Å²) in [5, 5.41) is 2.68. The van der Waals surface area contributed by atoms with E-state index in [1.807, 2.05) is 0 Å². The Morgan fingerprint density at radius 2 is 2.00 bits per heavy atom. The number of benzene rings is 1. The van der Waals surface area contributed by atoms with Crippen LogP contribution in [-0.4, -0.2) is 18.0 Å². The molecule has 1 N–H and O–H groups in total. The molecule has 0 saturated heterocycles. The highest BCUT2D eigenvalue weighted by Crippen LogP contribution is 2.49. The quantitative estimate of drug-likeness (QED) is 0.840. The topological polar surface area (TPSA) is 47.6 Å². The Kier molecular flexibility index (Phi) is 3.04. The first-order chi connectivity index (χ1) is 9.41. The number of nitrogens with one attached hydrogen (secondary N) is 1. The van der Waals surface area contributed by atoms with Gasteiger partial charge in [-0.3, -0.25) is 4.79 Å². The molecule has 3 rings (SSSR count). The molecule has 2 aliphatic rings. The van der Waals surface area contributed by atoms with Gasteiger partial charge in [0.15, 0.2) is 11.5 Å². The molecule has 0 spiro atoms. The number of carbonyl (C=O) groups excluding carboxylic acids is 1. The monoisotopic (exact) mass is 301 g/mol. The van der Waals surface area contributed by atoms with Gasteiger partial charge in [0.2, 0.25) is 5.91 Å². The fraction of sp³-hybridized carbons (Fsp3) is 0.462. The van der Waals surface area contributed by atoms with Crippen LogP contribution in [0.3, 0.4) is 0 Å². The predicted molar refractivity (Wildman–Crippen MR) is 71.4 cm³/mol. The van der Waals surface area contributed by atoms with Crippen LogP contribution in [0, 0.1) is 5.41 Å². The van der Waals surface area contributed by atoms with Crippen molar-refractivity contribution < 1.29 is 23.0 Å². The molecule has 4 nitrogen and oxygen atoms in total. The fourth-order valence-electron chi connectivity index (χ4n) is 2.14. The van der Waals surface area contributed by atoms with Gasteiger partial charge in [-0.05, 0) is 36.1 Å². The van der Waals surface area contributed by atoms with Gasteiger partial charge in [-0.15, -0.1) is 8.78 Å². The summed E-state index contributed by atoms with van der Waals surface area (Å²) >= 11 is 4.24. The third kappa shape index (κ3) is 2.67. The normalized spacial score (nSPS) is 20.6. The molecule has 1 aliphatic carbocycles. The van der Waals surface area contributed by atoms with E-state index in [0.29, 0.717) is 17.9 Å². The summed E-state index contributed by atoms with van der Waals surface area (Å²) in [5.41, 5.74) is 0.418. The maximum Gasteiger partial charge on any atom is 0.586 e. The van der Waals surface area contributed by atoms with Crippen LogP contribution >= 0.6 is 12.6 Å². The Labute approximate surface area is 119 Å². The lowest BCUT2D eigenvalue weighted by molar-refractivity contribution is -0.286. The lowest BCUT2D eigenvalue weighted by Crippen LogP contribution is -2.25. The first-order valence-electron chi connectivity index (χ1n) is 6.22. The van der Waals surface area contributed by atoms with E-state index in [2.05, 4.69) is 27.4 Å². The summed E-state index contributed by atoms with van der Waals surface area (Å²) < 4.78 is 34.4. The molecule has 108 valence electrons. The summed E-state index contributed by atoms with van der Waals surface area (Å²) in [4.78, 5) is 11.9. The van der Waals surface area contributed by atoms with Gasteiger partial charge in [0.05, 0.1) is 0 Å². The summed E-state index contributed by atoms with van der Waals surface area (Å²) in [6, 6.07) is 4.17. The van der Waals surface area contributed by atoms with Crippen LogP contribution < -0.4 is 14.8 Å². The number of alkyl halides is 2. The molecule has 0 atom stereocenters. The third-order valence-electron chi connectivity index (χ3n) is 3.51. The molecule has 0 unspecified atom stereocenters. The molecule has 1 saturated carbocycles. The number of ether oxygens (including phenoxy) is 2. The molecule has 7 heteroatoms. The Hall–Kier alpha value is -1.50. The zero-order valence-corrected chi connectivity index (χ0v) is 11.4. The van der Waals surface area contributed by atoms with E-state index in [9.17, 15) is 13.6 Å². The van der Waals surface area contributed by atoms with Crippen molar-refractivity contribution in [2.75, 3.05) is 11.1 Å². The first-order valence-corrected chi connectivity index (χ1v) is 6.85. The van der Waals surface area contributed by atoms with Crippen molar-refractivity contribution in [3.8, 4) is 11.5 Å². The minimum absolute atomic E-state index is 0.0105. The molecule has 1 fully saturated rings. The standard InChI is InChI=1S/C13H13F2NO3S/c14-13(15)18-9-2-1-8(5-10(9)19-13)16-11(17)6-12(7-20)3-4-12/h1-2,5,20H,3-4,6-7H2,(H,16,17). The number of hydrogen-bond acceptors (Lipinski definition) is 4. The Balaban J connectivity index is 1.66. The average molecular weight is 301 g/mol. The van der Waals surface area contributed by atoms with E-state index in [4.69, 9.17) is 0 Å². The van der Waals surface area contributed by atoms with Crippen LogP contribution in [0.5, 0.6) is 11.5 Å². The molecule has 1 aliphatic heterocycles. The molecule has 1 aromatic rings. The lowest BCUT2D eigenvalue weighted by atomic mass is 10.1. The van der Waals surface area contributed by atoms with E-state index in [0.717, 1.165) is 12.8 Å².